The van der Waals surface area contributed by atoms with Crippen LogP contribution in [0.4, 0.5) is 0 Å². The van der Waals surface area contributed by atoms with Crippen LogP contribution in [0.15, 0.2) is 24.3 Å². The number of hydrogen-bond donors (Lipinski definition) is 0. The van der Waals surface area contributed by atoms with Gasteiger partial charge in [0.05, 0.1) is 7.11 Å². The van der Waals surface area contributed by atoms with Crippen LogP contribution in [0.25, 0.3) is 0 Å². The summed E-state index contributed by atoms with van der Waals surface area (Å²) in [5.41, 5.74) is 0.867. The smallest absolute Gasteiger partial charge is 0.220 e. The maximum absolute atomic E-state index is 10.8. The van der Waals surface area contributed by atoms with Crippen LogP contribution in [-0.2, 0) is 0 Å². The lowest BCUT2D eigenvalue weighted by Gasteiger charge is -2.18. The fourth-order valence-corrected chi connectivity index (χ4v) is 2.68. The van der Waals surface area contributed by atoms with Crippen molar-refractivity contribution in [2.75, 3.05) is 27.7 Å². The highest BCUT2D eigenvalue weighted by Gasteiger charge is 2.21. The van der Waals surface area contributed by atoms with E-state index in [-0.39, 0.29) is 16.7 Å². The summed E-state index contributed by atoms with van der Waals surface area (Å²) in [6, 6.07) is 7.25. The van der Waals surface area contributed by atoms with Crippen molar-refractivity contribution in [1.29, 1.82) is 0 Å². The van der Waals surface area contributed by atoms with E-state index in [1.165, 1.54) is 11.8 Å². The van der Waals surface area contributed by atoms with E-state index in [1.54, 1.807) is 24.1 Å². The number of ether oxygens (including phenoxy) is 1. The first kappa shape index (κ1) is 15.7. The highest BCUT2D eigenvalue weighted by Crippen LogP contribution is 2.31. The third-order valence-corrected chi connectivity index (χ3v) is 4.34. The Morgan fingerprint density at radius 1 is 1.47 bits per heavy atom. The Balaban J connectivity index is 2.88. The summed E-state index contributed by atoms with van der Waals surface area (Å²) in [5, 5.41) is 10.5. The number of benzene rings is 1. The normalized spacial score (nSPS) is 11.7. The van der Waals surface area contributed by atoms with Crippen molar-refractivity contribution in [3.8, 4) is 5.75 Å². The molecule has 0 aliphatic heterocycles. The second kappa shape index (κ2) is 7.30. The van der Waals surface area contributed by atoms with Gasteiger partial charge in [-0.2, -0.15) is 0 Å². The Morgan fingerprint density at radius 2 is 2.05 bits per heavy atom. The number of methoxy groups -OCH3 is 1. The summed E-state index contributed by atoms with van der Waals surface area (Å²) >= 11 is 6.52. The topological polar surface area (TPSA) is 55.6 Å². The lowest BCUT2D eigenvalue weighted by Crippen LogP contribution is -2.20. The molecule has 0 heterocycles. The van der Waals surface area contributed by atoms with E-state index in [2.05, 4.69) is 0 Å². The molecular formula is C12H16N2O3S2. The van der Waals surface area contributed by atoms with Crippen LogP contribution in [0.2, 0.25) is 0 Å². The summed E-state index contributed by atoms with van der Waals surface area (Å²) in [5.74, 6) is 0.726. The zero-order chi connectivity index (χ0) is 14.4. The molecule has 5 nitrogen and oxygen atoms in total. The minimum atomic E-state index is -0.319. The maximum Gasteiger partial charge on any atom is 0.220 e. The average molecular weight is 300 g/mol. The van der Waals surface area contributed by atoms with E-state index in [1.807, 2.05) is 26.2 Å². The molecule has 19 heavy (non-hydrogen) atoms. The molecule has 1 rings (SSSR count). The first-order valence-corrected chi connectivity index (χ1v) is 6.86. The summed E-state index contributed by atoms with van der Waals surface area (Å²) < 4.78 is 5.70. The standard InChI is InChI=1S/C12H16N2O3S2/c1-13(2)12(18)19-11(8-14(15)16)9-4-6-10(17-3)7-5-9/h4-7,11H,8H2,1-3H3. The van der Waals surface area contributed by atoms with Crippen LogP contribution in [0.5, 0.6) is 5.75 Å². The van der Waals surface area contributed by atoms with Gasteiger partial charge < -0.3 is 9.64 Å². The zero-order valence-electron chi connectivity index (χ0n) is 11.0. The van der Waals surface area contributed by atoms with Crippen molar-refractivity contribution in [2.24, 2.45) is 0 Å². The van der Waals surface area contributed by atoms with E-state index in [0.717, 1.165) is 11.3 Å². The van der Waals surface area contributed by atoms with Gasteiger partial charge in [-0.3, -0.25) is 10.1 Å². The molecule has 0 aliphatic rings. The molecule has 1 aromatic rings. The van der Waals surface area contributed by atoms with Gasteiger partial charge in [0.25, 0.3) is 0 Å². The molecule has 0 bridgehead atoms. The SMILES string of the molecule is COc1ccc(C(C[N+](=O)[O-])SC(=S)N(C)C)cc1. The van der Waals surface area contributed by atoms with Crippen LogP contribution in [0.3, 0.4) is 0 Å². The number of rotatable bonds is 5. The Kier molecular flexibility index (Phi) is 6.04. The Morgan fingerprint density at radius 3 is 2.47 bits per heavy atom. The molecule has 0 aromatic heterocycles. The number of thiocarbonyl (C=S) groups is 1. The molecule has 1 unspecified atom stereocenters. The molecule has 0 N–H and O–H groups in total. The minimum absolute atomic E-state index is 0.162. The van der Waals surface area contributed by atoms with Crippen molar-refractivity contribution in [1.82, 2.24) is 4.90 Å². The predicted molar refractivity (Wildman–Crippen MR) is 81.5 cm³/mol. The molecule has 0 aliphatic carbocycles. The van der Waals surface area contributed by atoms with E-state index in [4.69, 9.17) is 17.0 Å². The van der Waals surface area contributed by atoms with Gasteiger partial charge in [-0.05, 0) is 17.7 Å². The Labute approximate surface area is 122 Å². The average Bonchev–Trinajstić information content (AvgIpc) is 2.37. The Hall–Kier alpha value is -1.34. The molecule has 1 atom stereocenters. The van der Waals surface area contributed by atoms with Gasteiger partial charge in [0.2, 0.25) is 6.54 Å². The minimum Gasteiger partial charge on any atom is -0.497 e. The van der Waals surface area contributed by atoms with Crippen molar-refractivity contribution in [3.63, 3.8) is 0 Å². The lowest BCUT2D eigenvalue weighted by atomic mass is 10.1. The number of hydrogen-bond acceptors (Lipinski definition) is 5. The van der Waals surface area contributed by atoms with E-state index >= 15 is 0 Å². The van der Waals surface area contributed by atoms with Crippen molar-refractivity contribution >= 4 is 28.3 Å². The Bertz CT molecular complexity index is 449. The second-order valence-electron chi connectivity index (χ2n) is 4.06. The van der Waals surface area contributed by atoms with Crippen LogP contribution in [-0.4, -0.2) is 41.9 Å². The van der Waals surface area contributed by atoms with Gasteiger partial charge >= 0.3 is 0 Å². The number of nitro groups is 1. The van der Waals surface area contributed by atoms with Crippen LogP contribution in [0.1, 0.15) is 10.8 Å². The van der Waals surface area contributed by atoms with E-state index in [9.17, 15) is 10.1 Å². The molecule has 7 heteroatoms. The molecule has 0 amide bonds. The zero-order valence-corrected chi connectivity index (χ0v) is 12.7. The van der Waals surface area contributed by atoms with Gasteiger partial charge in [0.1, 0.15) is 15.3 Å². The van der Waals surface area contributed by atoms with Crippen LogP contribution >= 0.6 is 24.0 Å². The molecule has 104 valence electrons. The quantitative estimate of drug-likeness (QED) is 0.473. The van der Waals surface area contributed by atoms with Gasteiger partial charge in [0, 0.05) is 19.0 Å². The van der Waals surface area contributed by atoms with Crippen LogP contribution < -0.4 is 4.74 Å². The van der Waals surface area contributed by atoms with Crippen molar-refractivity contribution in [2.45, 2.75) is 5.25 Å². The molecule has 0 saturated heterocycles. The second-order valence-corrected chi connectivity index (χ2v) is 5.89. The van der Waals surface area contributed by atoms with Gasteiger partial charge in [-0.15, -0.1) is 0 Å². The summed E-state index contributed by atoms with van der Waals surface area (Å²) in [6.45, 7) is -0.162. The predicted octanol–water partition coefficient (Wildman–Crippen LogP) is 2.59. The van der Waals surface area contributed by atoms with E-state index < -0.39 is 0 Å². The van der Waals surface area contributed by atoms with Gasteiger partial charge in [0.15, 0.2) is 0 Å². The molecular weight excluding hydrogens is 284 g/mol. The third kappa shape index (κ3) is 5.04. The van der Waals surface area contributed by atoms with Gasteiger partial charge in [-0.25, -0.2) is 0 Å². The van der Waals surface area contributed by atoms with Crippen LogP contribution in [0, 0.1) is 10.1 Å². The summed E-state index contributed by atoms with van der Waals surface area (Å²) in [6.07, 6.45) is 0. The highest BCUT2D eigenvalue weighted by molar-refractivity contribution is 8.23. The first-order valence-electron chi connectivity index (χ1n) is 5.57. The highest BCUT2D eigenvalue weighted by atomic mass is 32.2. The molecule has 1 aromatic carbocycles. The number of nitrogens with zero attached hydrogens (tertiary/aromatic N) is 2. The first-order chi connectivity index (χ1) is 8.93. The third-order valence-electron chi connectivity index (χ3n) is 2.41. The fraction of sp³-hybridized carbons (Fsp3) is 0.417. The fourth-order valence-electron chi connectivity index (χ4n) is 1.39. The summed E-state index contributed by atoms with van der Waals surface area (Å²) in [4.78, 5) is 12.2. The largest absolute Gasteiger partial charge is 0.497 e. The maximum atomic E-state index is 10.8. The molecule has 0 spiro atoms. The monoisotopic (exact) mass is 300 g/mol. The number of thioether (sulfide) groups is 1. The van der Waals surface area contributed by atoms with Crippen molar-refractivity contribution < 1.29 is 9.66 Å². The van der Waals surface area contributed by atoms with Gasteiger partial charge in [-0.1, -0.05) is 36.1 Å². The van der Waals surface area contributed by atoms with Crippen molar-refractivity contribution in [3.05, 3.63) is 39.9 Å². The summed E-state index contributed by atoms with van der Waals surface area (Å²) in [7, 11) is 5.23. The molecule has 0 radical (unpaired) electrons. The lowest BCUT2D eigenvalue weighted by molar-refractivity contribution is -0.479. The molecule has 0 fully saturated rings. The van der Waals surface area contributed by atoms with E-state index in [0.29, 0.717) is 4.32 Å². The molecule has 0 saturated carbocycles.